The number of rotatable bonds is 2. The fraction of sp³-hybridized carbons (Fsp3) is 0.562. The maximum Gasteiger partial charge on any atom is 0.410 e. The maximum absolute atomic E-state index is 12.4. The van der Waals surface area contributed by atoms with Crippen LogP contribution in [-0.4, -0.2) is 48.5 Å². The molecule has 3 aliphatic heterocycles. The molecule has 112 valence electrons. The molecule has 3 saturated heterocycles. The van der Waals surface area contributed by atoms with Gasteiger partial charge in [0, 0.05) is 12.8 Å². The molecular weight excluding hydrogens is 270 g/mol. The number of carbonyl (C=O) groups excluding carboxylic acids is 1. The van der Waals surface area contributed by atoms with Crippen LogP contribution in [0.25, 0.3) is 0 Å². The summed E-state index contributed by atoms with van der Waals surface area (Å²) in [5.74, 6) is 0. The smallest absolute Gasteiger partial charge is 0.410 e. The third-order valence-corrected chi connectivity index (χ3v) is 4.59. The summed E-state index contributed by atoms with van der Waals surface area (Å²) >= 11 is 0. The van der Waals surface area contributed by atoms with Crippen LogP contribution in [0.15, 0.2) is 30.3 Å². The van der Waals surface area contributed by atoms with Crippen molar-refractivity contribution in [2.45, 2.75) is 37.1 Å². The molecule has 2 unspecified atom stereocenters. The molecule has 0 radical (unpaired) electrons. The molecule has 0 aromatic heterocycles. The summed E-state index contributed by atoms with van der Waals surface area (Å²) in [6.45, 7) is 2.31. The van der Waals surface area contributed by atoms with Crippen molar-refractivity contribution in [2.24, 2.45) is 0 Å². The summed E-state index contributed by atoms with van der Waals surface area (Å²) in [6.07, 6.45) is 1.50. The molecule has 0 aliphatic carbocycles. The number of amides is 1. The molecule has 2 bridgehead atoms. The number of hydrogen-bond donors (Lipinski definition) is 0. The number of morpholine rings is 1. The van der Waals surface area contributed by atoms with Gasteiger partial charge in [-0.3, -0.25) is 4.90 Å². The lowest BCUT2D eigenvalue weighted by atomic mass is 9.85. The highest BCUT2D eigenvalue weighted by Gasteiger charge is 2.56. The van der Waals surface area contributed by atoms with Crippen LogP contribution in [0.1, 0.15) is 18.4 Å². The molecule has 5 nitrogen and oxygen atoms in total. The molecule has 3 aliphatic rings. The quantitative estimate of drug-likeness (QED) is 0.781. The van der Waals surface area contributed by atoms with Crippen LogP contribution in [0.3, 0.4) is 0 Å². The second-order valence-corrected chi connectivity index (χ2v) is 6.17. The molecular formula is C16H19NO4. The van der Waals surface area contributed by atoms with E-state index in [1.807, 2.05) is 35.2 Å². The van der Waals surface area contributed by atoms with Gasteiger partial charge in [0.2, 0.25) is 0 Å². The molecule has 21 heavy (non-hydrogen) atoms. The van der Waals surface area contributed by atoms with Gasteiger partial charge in [0.15, 0.2) is 0 Å². The zero-order chi connectivity index (χ0) is 14.3. The SMILES string of the molecule is O=C(OCc1ccccc1)N1C2COCC1CC1(CO1)C2. The Kier molecular flexibility index (Phi) is 3.12. The second kappa shape index (κ2) is 5.00. The van der Waals surface area contributed by atoms with Crippen molar-refractivity contribution < 1.29 is 19.0 Å². The van der Waals surface area contributed by atoms with Gasteiger partial charge in [-0.1, -0.05) is 30.3 Å². The van der Waals surface area contributed by atoms with Gasteiger partial charge < -0.3 is 14.2 Å². The van der Waals surface area contributed by atoms with Gasteiger partial charge in [0.05, 0.1) is 37.5 Å². The molecule has 0 N–H and O–H groups in total. The van der Waals surface area contributed by atoms with E-state index in [-0.39, 0.29) is 23.8 Å². The highest BCUT2D eigenvalue weighted by molar-refractivity contribution is 5.69. The van der Waals surface area contributed by atoms with Crippen LogP contribution in [-0.2, 0) is 20.8 Å². The molecule has 3 heterocycles. The standard InChI is InChI=1S/C16H19NO4/c18-15(20-8-12-4-2-1-3-5-12)17-13-6-16(11-21-16)7-14(17)10-19-9-13/h1-5,13-14H,6-11H2. The van der Waals surface area contributed by atoms with Crippen LogP contribution in [0.5, 0.6) is 0 Å². The molecule has 1 amide bonds. The first-order valence-electron chi connectivity index (χ1n) is 7.46. The van der Waals surface area contributed by atoms with Crippen molar-refractivity contribution in [1.82, 2.24) is 4.90 Å². The van der Waals surface area contributed by atoms with Gasteiger partial charge in [-0.2, -0.15) is 0 Å². The predicted octanol–water partition coefficient (Wildman–Crippen LogP) is 1.96. The van der Waals surface area contributed by atoms with E-state index in [4.69, 9.17) is 14.2 Å². The van der Waals surface area contributed by atoms with E-state index in [0.29, 0.717) is 19.8 Å². The number of ether oxygens (including phenoxy) is 3. The number of fused-ring (bicyclic) bond motifs is 2. The van der Waals surface area contributed by atoms with Crippen molar-refractivity contribution in [1.29, 1.82) is 0 Å². The molecule has 3 fully saturated rings. The topological polar surface area (TPSA) is 51.3 Å². The van der Waals surface area contributed by atoms with Gasteiger partial charge in [-0.15, -0.1) is 0 Å². The van der Waals surface area contributed by atoms with Crippen molar-refractivity contribution in [3.8, 4) is 0 Å². The largest absolute Gasteiger partial charge is 0.445 e. The van der Waals surface area contributed by atoms with E-state index >= 15 is 0 Å². The van der Waals surface area contributed by atoms with Crippen molar-refractivity contribution in [2.75, 3.05) is 19.8 Å². The van der Waals surface area contributed by atoms with Gasteiger partial charge >= 0.3 is 6.09 Å². The lowest BCUT2D eigenvalue weighted by Gasteiger charge is -2.46. The van der Waals surface area contributed by atoms with E-state index in [1.165, 1.54) is 0 Å². The fourth-order valence-electron chi connectivity index (χ4n) is 3.49. The van der Waals surface area contributed by atoms with Gasteiger partial charge in [0.1, 0.15) is 6.61 Å². The van der Waals surface area contributed by atoms with E-state index < -0.39 is 0 Å². The number of hydrogen-bond acceptors (Lipinski definition) is 4. The number of carbonyl (C=O) groups is 1. The van der Waals surface area contributed by atoms with Gasteiger partial charge in [-0.25, -0.2) is 4.79 Å². The van der Waals surface area contributed by atoms with Crippen LogP contribution in [0.2, 0.25) is 0 Å². The number of benzene rings is 1. The molecule has 0 saturated carbocycles. The normalized spacial score (nSPS) is 33.8. The minimum Gasteiger partial charge on any atom is -0.445 e. The van der Waals surface area contributed by atoms with E-state index in [0.717, 1.165) is 25.0 Å². The summed E-state index contributed by atoms with van der Waals surface area (Å²) < 4.78 is 16.7. The van der Waals surface area contributed by atoms with Gasteiger partial charge in [-0.05, 0) is 5.56 Å². The number of nitrogens with zero attached hydrogens (tertiary/aromatic N) is 1. The molecule has 5 heteroatoms. The Labute approximate surface area is 123 Å². The Morgan fingerprint density at radius 3 is 2.52 bits per heavy atom. The summed E-state index contributed by atoms with van der Waals surface area (Å²) in [4.78, 5) is 14.3. The Morgan fingerprint density at radius 2 is 1.90 bits per heavy atom. The summed E-state index contributed by atoms with van der Waals surface area (Å²) in [5.41, 5.74) is 1.03. The molecule has 2 atom stereocenters. The highest BCUT2D eigenvalue weighted by atomic mass is 16.6. The van der Waals surface area contributed by atoms with Crippen LogP contribution >= 0.6 is 0 Å². The molecule has 1 aromatic carbocycles. The zero-order valence-electron chi connectivity index (χ0n) is 11.9. The third kappa shape index (κ3) is 2.51. The number of epoxide rings is 1. The average molecular weight is 289 g/mol. The second-order valence-electron chi connectivity index (χ2n) is 6.17. The van der Waals surface area contributed by atoms with E-state index in [2.05, 4.69) is 0 Å². The first-order valence-corrected chi connectivity index (χ1v) is 7.46. The van der Waals surface area contributed by atoms with E-state index in [1.54, 1.807) is 0 Å². The van der Waals surface area contributed by atoms with E-state index in [9.17, 15) is 4.79 Å². The first-order chi connectivity index (χ1) is 10.3. The Bertz CT molecular complexity index is 512. The van der Waals surface area contributed by atoms with Crippen molar-refractivity contribution >= 4 is 6.09 Å². The van der Waals surface area contributed by atoms with Crippen LogP contribution < -0.4 is 0 Å². The Morgan fingerprint density at radius 1 is 1.24 bits per heavy atom. The van der Waals surface area contributed by atoms with Crippen molar-refractivity contribution in [3.05, 3.63) is 35.9 Å². The monoisotopic (exact) mass is 289 g/mol. The minimum absolute atomic E-state index is 0.0231. The van der Waals surface area contributed by atoms with Crippen LogP contribution in [0.4, 0.5) is 4.79 Å². The average Bonchev–Trinajstić information content (AvgIpc) is 3.24. The third-order valence-electron chi connectivity index (χ3n) is 4.59. The number of piperidine rings is 1. The highest BCUT2D eigenvalue weighted by Crippen LogP contribution is 2.44. The lowest BCUT2D eigenvalue weighted by molar-refractivity contribution is -0.0840. The molecule has 1 spiro atoms. The summed E-state index contributed by atoms with van der Waals surface area (Å²) in [5, 5.41) is 0. The zero-order valence-corrected chi connectivity index (χ0v) is 11.9. The fourth-order valence-corrected chi connectivity index (χ4v) is 3.49. The summed E-state index contributed by atoms with van der Waals surface area (Å²) in [6, 6.07) is 9.93. The summed E-state index contributed by atoms with van der Waals surface area (Å²) in [7, 11) is 0. The minimum atomic E-state index is -0.229. The Balaban J connectivity index is 1.42. The van der Waals surface area contributed by atoms with Gasteiger partial charge in [0.25, 0.3) is 0 Å². The van der Waals surface area contributed by atoms with Crippen LogP contribution in [0, 0.1) is 0 Å². The molecule has 4 rings (SSSR count). The lowest BCUT2D eigenvalue weighted by Crippen LogP contribution is -2.61. The maximum atomic E-state index is 12.4. The van der Waals surface area contributed by atoms with Crippen molar-refractivity contribution in [3.63, 3.8) is 0 Å². The molecule has 1 aromatic rings. The first kappa shape index (κ1) is 13.1. The Hall–Kier alpha value is -1.59. The predicted molar refractivity (Wildman–Crippen MR) is 74.8 cm³/mol.